The molecule has 3 aliphatic rings. The Morgan fingerprint density at radius 2 is 2.00 bits per heavy atom. The Morgan fingerprint density at radius 3 is 2.71 bits per heavy atom. The van der Waals surface area contributed by atoms with Gasteiger partial charge >= 0.3 is 0 Å². The summed E-state index contributed by atoms with van der Waals surface area (Å²) < 4.78 is 6.11. The van der Waals surface area contributed by atoms with E-state index in [0.717, 1.165) is 18.7 Å². The van der Waals surface area contributed by atoms with Crippen molar-refractivity contribution in [1.82, 2.24) is 10.2 Å². The summed E-state index contributed by atoms with van der Waals surface area (Å²) in [7, 11) is 0. The number of nitrogens with zero attached hydrogens (tertiary/aromatic N) is 1. The van der Waals surface area contributed by atoms with Crippen molar-refractivity contribution in [1.29, 1.82) is 0 Å². The first kappa shape index (κ1) is 15.8. The number of ether oxygens (including phenoxy) is 1. The van der Waals surface area contributed by atoms with Crippen LogP contribution in [0.1, 0.15) is 59.8 Å². The molecule has 122 valence electrons. The summed E-state index contributed by atoms with van der Waals surface area (Å²) >= 11 is 0. The van der Waals surface area contributed by atoms with Gasteiger partial charge in [-0.3, -0.25) is 4.90 Å². The highest BCUT2D eigenvalue weighted by Crippen LogP contribution is 2.44. The van der Waals surface area contributed by atoms with Gasteiger partial charge in [0.2, 0.25) is 0 Å². The van der Waals surface area contributed by atoms with Crippen LogP contribution in [-0.2, 0) is 4.74 Å². The molecular weight excluding hydrogens is 260 g/mol. The van der Waals surface area contributed by atoms with Crippen molar-refractivity contribution < 1.29 is 4.74 Å². The second-order valence-electron chi connectivity index (χ2n) is 8.49. The molecular formula is C18H34N2O. The Balaban J connectivity index is 1.50. The fraction of sp³-hybridized carbons (Fsp3) is 1.00. The van der Waals surface area contributed by atoms with Gasteiger partial charge in [0.1, 0.15) is 0 Å². The molecule has 3 rings (SSSR count). The van der Waals surface area contributed by atoms with E-state index in [-0.39, 0.29) is 5.41 Å². The SMILES string of the molecule is CC(C)COC1CC(NC2CCN3CCCCC23)C1(C)C. The summed E-state index contributed by atoms with van der Waals surface area (Å²) in [6.07, 6.45) is 7.22. The Labute approximate surface area is 130 Å². The molecule has 21 heavy (non-hydrogen) atoms. The summed E-state index contributed by atoms with van der Waals surface area (Å²) in [4.78, 5) is 2.72. The quantitative estimate of drug-likeness (QED) is 0.843. The van der Waals surface area contributed by atoms with Crippen LogP contribution in [0.2, 0.25) is 0 Å². The van der Waals surface area contributed by atoms with Gasteiger partial charge in [-0.2, -0.15) is 0 Å². The third-order valence-electron chi connectivity index (χ3n) is 6.08. The highest BCUT2D eigenvalue weighted by atomic mass is 16.5. The van der Waals surface area contributed by atoms with Gasteiger partial charge < -0.3 is 10.1 Å². The minimum atomic E-state index is 0.289. The molecule has 0 amide bonds. The molecule has 0 aromatic heterocycles. The zero-order chi connectivity index (χ0) is 15.0. The molecule has 0 bridgehead atoms. The molecule has 3 fully saturated rings. The molecule has 1 saturated carbocycles. The van der Waals surface area contributed by atoms with Crippen LogP contribution in [0.4, 0.5) is 0 Å². The molecule has 2 heterocycles. The third-order valence-corrected chi connectivity index (χ3v) is 6.08. The van der Waals surface area contributed by atoms with Crippen LogP contribution in [0.5, 0.6) is 0 Å². The van der Waals surface area contributed by atoms with Crippen molar-refractivity contribution in [3.8, 4) is 0 Å². The lowest BCUT2D eigenvalue weighted by atomic mass is 9.64. The van der Waals surface area contributed by atoms with E-state index in [1.54, 1.807) is 0 Å². The molecule has 4 unspecified atom stereocenters. The second-order valence-corrected chi connectivity index (χ2v) is 8.49. The van der Waals surface area contributed by atoms with E-state index in [1.165, 1.54) is 45.2 Å². The molecule has 1 aliphatic carbocycles. The molecule has 0 radical (unpaired) electrons. The summed E-state index contributed by atoms with van der Waals surface area (Å²) in [6, 6.07) is 2.17. The van der Waals surface area contributed by atoms with Crippen LogP contribution in [0.15, 0.2) is 0 Å². The van der Waals surface area contributed by atoms with E-state index in [0.29, 0.717) is 18.1 Å². The van der Waals surface area contributed by atoms with E-state index in [9.17, 15) is 0 Å². The predicted molar refractivity (Wildman–Crippen MR) is 87.5 cm³/mol. The van der Waals surface area contributed by atoms with E-state index < -0.39 is 0 Å². The lowest BCUT2D eigenvalue weighted by Crippen LogP contribution is -2.64. The Kier molecular flexibility index (Phi) is 4.63. The number of fused-ring (bicyclic) bond motifs is 1. The van der Waals surface area contributed by atoms with Crippen LogP contribution in [0.25, 0.3) is 0 Å². The molecule has 3 heteroatoms. The summed E-state index contributed by atoms with van der Waals surface area (Å²) in [5, 5.41) is 4.00. The van der Waals surface area contributed by atoms with Gasteiger partial charge in [0.15, 0.2) is 0 Å². The molecule has 3 nitrogen and oxygen atoms in total. The van der Waals surface area contributed by atoms with Gasteiger partial charge in [0.05, 0.1) is 6.10 Å². The minimum Gasteiger partial charge on any atom is -0.377 e. The van der Waals surface area contributed by atoms with Crippen LogP contribution in [0.3, 0.4) is 0 Å². The number of rotatable bonds is 5. The summed E-state index contributed by atoms with van der Waals surface area (Å²) in [6.45, 7) is 12.8. The maximum atomic E-state index is 6.11. The first-order chi connectivity index (χ1) is 9.98. The maximum absolute atomic E-state index is 6.11. The molecule has 4 atom stereocenters. The van der Waals surface area contributed by atoms with E-state index in [1.807, 2.05) is 0 Å². The second kappa shape index (κ2) is 6.17. The van der Waals surface area contributed by atoms with Crippen molar-refractivity contribution in [3.05, 3.63) is 0 Å². The number of piperidine rings is 1. The standard InChI is InChI=1S/C18H34N2O/c1-13(2)12-21-17-11-16(18(17,3)4)19-14-8-10-20-9-6-5-7-15(14)20/h13-17,19H,5-12H2,1-4H3. The molecule has 0 spiro atoms. The van der Waals surface area contributed by atoms with E-state index >= 15 is 0 Å². The zero-order valence-electron chi connectivity index (χ0n) is 14.4. The molecule has 2 aliphatic heterocycles. The van der Waals surface area contributed by atoms with Gasteiger partial charge in [-0.15, -0.1) is 0 Å². The van der Waals surface area contributed by atoms with Crippen LogP contribution in [0, 0.1) is 11.3 Å². The van der Waals surface area contributed by atoms with Crippen molar-refractivity contribution in [3.63, 3.8) is 0 Å². The Hall–Kier alpha value is -0.120. The number of hydrogen-bond acceptors (Lipinski definition) is 3. The van der Waals surface area contributed by atoms with Gasteiger partial charge in [-0.05, 0) is 38.1 Å². The topological polar surface area (TPSA) is 24.5 Å². The van der Waals surface area contributed by atoms with E-state index in [4.69, 9.17) is 4.74 Å². The van der Waals surface area contributed by atoms with Crippen molar-refractivity contribution in [2.45, 2.75) is 84.0 Å². The predicted octanol–water partition coefficient (Wildman–Crippen LogP) is 3.04. The van der Waals surface area contributed by atoms with Gasteiger partial charge in [0, 0.05) is 36.7 Å². The van der Waals surface area contributed by atoms with Gasteiger partial charge in [-0.25, -0.2) is 0 Å². The minimum absolute atomic E-state index is 0.289. The van der Waals surface area contributed by atoms with Crippen molar-refractivity contribution >= 4 is 0 Å². The average Bonchev–Trinajstić information content (AvgIpc) is 2.85. The lowest BCUT2D eigenvalue weighted by Gasteiger charge is -2.53. The van der Waals surface area contributed by atoms with Gasteiger partial charge in [0.25, 0.3) is 0 Å². The molecule has 2 saturated heterocycles. The first-order valence-electron chi connectivity index (χ1n) is 9.10. The molecule has 0 aromatic rings. The van der Waals surface area contributed by atoms with Crippen molar-refractivity contribution in [2.75, 3.05) is 19.7 Å². The first-order valence-corrected chi connectivity index (χ1v) is 9.10. The highest BCUT2D eigenvalue weighted by Gasteiger charge is 2.50. The number of hydrogen-bond donors (Lipinski definition) is 1. The Bertz CT molecular complexity index is 355. The van der Waals surface area contributed by atoms with Crippen LogP contribution in [-0.4, -0.2) is 48.8 Å². The highest BCUT2D eigenvalue weighted by molar-refractivity contribution is 5.06. The third kappa shape index (κ3) is 3.16. The smallest absolute Gasteiger partial charge is 0.0656 e. The summed E-state index contributed by atoms with van der Waals surface area (Å²) in [5.74, 6) is 0.637. The average molecular weight is 294 g/mol. The molecule has 1 N–H and O–H groups in total. The Morgan fingerprint density at radius 1 is 1.19 bits per heavy atom. The largest absolute Gasteiger partial charge is 0.377 e. The number of nitrogens with one attached hydrogen (secondary N) is 1. The fourth-order valence-electron chi connectivity index (χ4n) is 4.46. The van der Waals surface area contributed by atoms with Gasteiger partial charge in [-0.1, -0.05) is 34.1 Å². The fourth-order valence-corrected chi connectivity index (χ4v) is 4.46. The zero-order valence-corrected chi connectivity index (χ0v) is 14.4. The molecule has 0 aromatic carbocycles. The van der Waals surface area contributed by atoms with Crippen LogP contribution >= 0.6 is 0 Å². The van der Waals surface area contributed by atoms with Crippen LogP contribution < -0.4 is 5.32 Å². The maximum Gasteiger partial charge on any atom is 0.0656 e. The normalized spacial score (nSPS) is 39.3. The monoisotopic (exact) mass is 294 g/mol. The van der Waals surface area contributed by atoms with E-state index in [2.05, 4.69) is 37.9 Å². The summed E-state index contributed by atoms with van der Waals surface area (Å²) in [5.41, 5.74) is 0.289. The lowest BCUT2D eigenvalue weighted by molar-refractivity contribution is -0.126. The van der Waals surface area contributed by atoms with Crippen molar-refractivity contribution in [2.24, 2.45) is 11.3 Å².